The van der Waals surface area contributed by atoms with Crippen LogP contribution in [0.15, 0.2) is 12.1 Å². The van der Waals surface area contributed by atoms with Gasteiger partial charge in [0.2, 0.25) is 0 Å². The molecule has 2 nitrogen and oxygen atoms in total. The monoisotopic (exact) mass is 199 g/mol. The predicted molar refractivity (Wildman–Crippen MR) is 46.6 cm³/mol. The second-order valence-corrected chi connectivity index (χ2v) is 2.93. The van der Waals surface area contributed by atoms with Gasteiger partial charge in [-0.3, -0.25) is 4.79 Å². The van der Waals surface area contributed by atoms with Crippen LogP contribution in [0.1, 0.15) is 15.9 Å². The Hall–Kier alpha value is -1.04. The highest BCUT2D eigenvalue weighted by atomic mass is 35.5. The van der Waals surface area contributed by atoms with Gasteiger partial charge in [-0.15, -0.1) is 0 Å². The van der Waals surface area contributed by atoms with Crippen molar-refractivity contribution >= 4 is 29.5 Å². The van der Waals surface area contributed by atoms with Gasteiger partial charge in [0.15, 0.2) is 6.29 Å². The van der Waals surface area contributed by atoms with E-state index < -0.39 is 0 Å². The van der Waals surface area contributed by atoms with Crippen LogP contribution < -0.4 is 0 Å². The third-order valence-corrected chi connectivity index (χ3v) is 1.84. The normalized spacial score (nSPS) is 9.08. The maximum absolute atomic E-state index is 10.4. The molecule has 0 N–H and O–H groups in total. The molecule has 0 amide bonds. The Morgan fingerprint density at radius 3 is 2.58 bits per heavy atom. The van der Waals surface area contributed by atoms with Gasteiger partial charge in [-0.05, 0) is 12.1 Å². The Morgan fingerprint density at radius 1 is 1.42 bits per heavy atom. The molecule has 0 atom stereocenters. The lowest BCUT2D eigenvalue weighted by Gasteiger charge is -1.98. The summed E-state index contributed by atoms with van der Waals surface area (Å²) in [5, 5.41) is 9.13. The first-order valence-corrected chi connectivity index (χ1v) is 3.79. The Balaban J connectivity index is 3.46. The minimum absolute atomic E-state index is 0.163. The van der Waals surface area contributed by atoms with Gasteiger partial charge in [-0.2, -0.15) is 5.26 Å². The molecule has 60 valence electrons. The topological polar surface area (TPSA) is 40.9 Å². The minimum Gasteiger partial charge on any atom is -0.298 e. The van der Waals surface area contributed by atoms with Crippen molar-refractivity contribution in [2.45, 2.75) is 0 Å². The van der Waals surface area contributed by atoms with E-state index in [1.807, 2.05) is 6.07 Å². The van der Waals surface area contributed by atoms with Crippen molar-refractivity contribution in [1.82, 2.24) is 0 Å². The molecule has 12 heavy (non-hydrogen) atoms. The first-order chi connectivity index (χ1) is 5.69. The quantitative estimate of drug-likeness (QED) is 0.653. The van der Waals surface area contributed by atoms with E-state index in [1.54, 1.807) is 0 Å². The maximum Gasteiger partial charge on any atom is 0.151 e. The smallest absolute Gasteiger partial charge is 0.151 e. The van der Waals surface area contributed by atoms with Crippen molar-refractivity contribution in [1.29, 1.82) is 5.26 Å². The van der Waals surface area contributed by atoms with Crippen LogP contribution in [0.2, 0.25) is 10.0 Å². The van der Waals surface area contributed by atoms with Gasteiger partial charge in [-0.25, -0.2) is 0 Å². The fraction of sp³-hybridized carbons (Fsp3) is 0. The van der Waals surface area contributed by atoms with E-state index in [-0.39, 0.29) is 16.1 Å². The summed E-state index contributed by atoms with van der Waals surface area (Å²) >= 11 is 11.3. The van der Waals surface area contributed by atoms with Crippen molar-refractivity contribution in [3.05, 3.63) is 33.3 Å². The molecule has 0 saturated carbocycles. The molecule has 0 bridgehead atoms. The van der Waals surface area contributed by atoms with Crippen molar-refractivity contribution in [2.24, 2.45) is 0 Å². The van der Waals surface area contributed by atoms with Crippen LogP contribution in [-0.4, -0.2) is 6.29 Å². The molecule has 0 spiro atoms. The average Bonchev–Trinajstić information content (AvgIpc) is 2.03. The third kappa shape index (κ3) is 1.58. The number of carbonyl (C=O) groups is 1. The summed E-state index contributed by atoms with van der Waals surface area (Å²) in [6, 6.07) is 4.65. The Labute approximate surface area is 79.3 Å². The molecule has 1 aromatic carbocycles. The van der Waals surface area contributed by atoms with Gasteiger partial charge < -0.3 is 0 Å². The second kappa shape index (κ2) is 3.57. The highest BCUT2D eigenvalue weighted by Gasteiger charge is 2.06. The van der Waals surface area contributed by atoms with Crippen LogP contribution in [0.4, 0.5) is 0 Å². The van der Waals surface area contributed by atoms with E-state index in [1.165, 1.54) is 12.1 Å². The van der Waals surface area contributed by atoms with Gasteiger partial charge in [0.05, 0.1) is 10.6 Å². The van der Waals surface area contributed by atoms with E-state index in [4.69, 9.17) is 28.5 Å². The largest absolute Gasteiger partial charge is 0.298 e. The molecule has 0 radical (unpaired) electrons. The summed E-state index contributed by atoms with van der Waals surface area (Å²) < 4.78 is 0. The Morgan fingerprint density at radius 2 is 2.08 bits per heavy atom. The molecular weight excluding hydrogens is 197 g/mol. The molecule has 4 heteroatoms. The molecule has 0 unspecified atom stereocenters. The number of hydrogen-bond donors (Lipinski definition) is 0. The zero-order valence-electron chi connectivity index (χ0n) is 5.84. The summed E-state index contributed by atoms with van der Waals surface area (Å²) in [4.78, 5) is 10.4. The second-order valence-electron chi connectivity index (χ2n) is 2.08. The number of rotatable bonds is 1. The van der Waals surface area contributed by atoms with E-state index >= 15 is 0 Å². The van der Waals surface area contributed by atoms with Crippen molar-refractivity contribution in [3.63, 3.8) is 0 Å². The Bertz CT molecular complexity index is 368. The summed E-state index contributed by atoms with van der Waals surface area (Å²) in [5.41, 5.74) is 0.381. The van der Waals surface area contributed by atoms with Crippen LogP contribution >= 0.6 is 23.2 Å². The van der Waals surface area contributed by atoms with Crippen LogP contribution in [0, 0.1) is 11.3 Å². The number of nitriles is 1. The predicted octanol–water partition coefficient (Wildman–Crippen LogP) is 2.68. The Kier molecular flexibility index (Phi) is 2.69. The van der Waals surface area contributed by atoms with E-state index in [2.05, 4.69) is 0 Å². The summed E-state index contributed by atoms with van der Waals surface area (Å²) in [7, 11) is 0. The molecule has 1 aromatic rings. The maximum atomic E-state index is 10.4. The van der Waals surface area contributed by atoms with Crippen LogP contribution in [0.5, 0.6) is 0 Å². The summed E-state index contributed by atoms with van der Waals surface area (Å²) in [6.07, 6.45) is 0.552. The van der Waals surface area contributed by atoms with Crippen molar-refractivity contribution in [3.8, 4) is 6.07 Å². The van der Waals surface area contributed by atoms with E-state index in [0.29, 0.717) is 11.3 Å². The van der Waals surface area contributed by atoms with Gasteiger partial charge in [0, 0.05) is 10.6 Å². The van der Waals surface area contributed by atoms with Gasteiger partial charge >= 0.3 is 0 Å². The lowest BCUT2D eigenvalue weighted by atomic mass is 10.1. The number of carbonyl (C=O) groups excluding carboxylic acids is 1. The standard InChI is InChI=1S/C8H3Cl2NO/c9-6-1-5(4-12)7(3-11)8(10)2-6/h1-2,4H. The van der Waals surface area contributed by atoms with E-state index in [9.17, 15) is 4.79 Å². The molecule has 0 aliphatic heterocycles. The SMILES string of the molecule is N#Cc1c(Cl)cc(Cl)cc1C=O. The molecule has 0 aliphatic carbocycles. The first kappa shape index (κ1) is 9.05. The average molecular weight is 200 g/mol. The molecule has 0 heterocycles. The molecule has 0 fully saturated rings. The lowest BCUT2D eigenvalue weighted by molar-refractivity contribution is 0.112. The highest BCUT2D eigenvalue weighted by Crippen LogP contribution is 2.23. The molecule has 0 saturated heterocycles. The minimum atomic E-state index is 0.163. The molecule has 0 aliphatic rings. The first-order valence-electron chi connectivity index (χ1n) is 3.03. The zero-order valence-corrected chi connectivity index (χ0v) is 7.36. The van der Waals surface area contributed by atoms with Gasteiger partial charge in [0.25, 0.3) is 0 Å². The fourth-order valence-electron chi connectivity index (χ4n) is 0.804. The number of nitrogens with zero attached hydrogens (tertiary/aromatic N) is 1. The molecular formula is C8H3Cl2NO. The van der Waals surface area contributed by atoms with Gasteiger partial charge in [0.1, 0.15) is 6.07 Å². The zero-order chi connectivity index (χ0) is 9.14. The number of benzene rings is 1. The number of aldehydes is 1. The van der Waals surface area contributed by atoms with Crippen molar-refractivity contribution in [2.75, 3.05) is 0 Å². The molecule has 0 aromatic heterocycles. The third-order valence-electron chi connectivity index (χ3n) is 1.32. The van der Waals surface area contributed by atoms with Gasteiger partial charge in [-0.1, -0.05) is 23.2 Å². The highest BCUT2D eigenvalue weighted by molar-refractivity contribution is 6.35. The summed E-state index contributed by atoms with van der Waals surface area (Å²) in [6.45, 7) is 0. The molecule has 1 rings (SSSR count). The summed E-state index contributed by atoms with van der Waals surface area (Å²) in [5.74, 6) is 0. The van der Waals surface area contributed by atoms with Crippen LogP contribution in [-0.2, 0) is 0 Å². The van der Waals surface area contributed by atoms with Crippen molar-refractivity contribution < 1.29 is 4.79 Å². The number of halogens is 2. The van der Waals surface area contributed by atoms with E-state index in [0.717, 1.165) is 0 Å². The lowest BCUT2D eigenvalue weighted by Crippen LogP contribution is -1.88. The fourth-order valence-corrected chi connectivity index (χ4v) is 1.36. The van der Waals surface area contributed by atoms with Crippen LogP contribution in [0.25, 0.3) is 0 Å². The van der Waals surface area contributed by atoms with Crippen LogP contribution in [0.3, 0.4) is 0 Å². The number of hydrogen-bond acceptors (Lipinski definition) is 2.